The smallest absolute Gasteiger partial charge is 0.298 e. The lowest BCUT2D eigenvalue weighted by Gasteiger charge is -2.17. The molecule has 0 saturated carbocycles. The molecule has 3 aromatic rings. The SMILES string of the molecule is Cc1cc(=O)c(C(=O)NNc2cccc(C(F)(F)F)c2)nn1-c1ccccc1C(F)(F)F. The minimum Gasteiger partial charge on any atom is -0.298 e. The summed E-state index contributed by atoms with van der Waals surface area (Å²) in [5.41, 5.74) is 0.0924. The largest absolute Gasteiger partial charge is 0.418 e. The number of para-hydroxylation sites is 1. The second-order valence-corrected chi connectivity index (χ2v) is 6.58. The van der Waals surface area contributed by atoms with Gasteiger partial charge in [0, 0.05) is 11.8 Å². The first-order valence-electron chi connectivity index (χ1n) is 8.89. The van der Waals surface area contributed by atoms with Crippen LogP contribution in [-0.2, 0) is 12.4 Å². The van der Waals surface area contributed by atoms with Crippen LogP contribution in [0, 0.1) is 6.92 Å². The Morgan fingerprint density at radius 3 is 2.28 bits per heavy atom. The van der Waals surface area contributed by atoms with Crippen LogP contribution in [0.3, 0.4) is 0 Å². The fourth-order valence-electron chi connectivity index (χ4n) is 2.81. The molecular weight excluding hydrogens is 442 g/mol. The molecule has 0 radical (unpaired) electrons. The highest BCUT2D eigenvalue weighted by Crippen LogP contribution is 2.33. The second kappa shape index (κ2) is 8.36. The third kappa shape index (κ3) is 4.90. The Bertz CT molecular complexity index is 1220. The summed E-state index contributed by atoms with van der Waals surface area (Å²) in [6.07, 6.45) is -9.33. The standard InChI is InChI=1S/C20H14F6N4O2/c1-11-9-16(31)17(29-30(11)15-8-3-2-7-14(15)20(24,25)26)18(32)28-27-13-6-4-5-12(10-13)19(21,22)23/h2-10,27H,1H3,(H,28,32). The van der Waals surface area contributed by atoms with Crippen LogP contribution in [0.15, 0.2) is 59.4 Å². The number of aromatic nitrogens is 2. The Labute approximate surface area is 176 Å². The van der Waals surface area contributed by atoms with Gasteiger partial charge in [-0.25, -0.2) is 4.68 Å². The zero-order valence-corrected chi connectivity index (χ0v) is 16.2. The predicted molar refractivity (Wildman–Crippen MR) is 102 cm³/mol. The van der Waals surface area contributed by atoms with Crippen molar-refractivity contribution in [2.24, 2.45) is 0 Å². The first-order valence-corrected chi connectivity index (χ1v) is 8.89. The molecule has 1 heterocycles. The highest BCUT2D eigenvalue weighted by molar-refractivity contribution is 5.92. The average molecular weight is 456 g/mol. The van der Waals surface area contributed by atoms with Gasteiger partial charge in [0.2, 0.25) is 5.43 Å². The third-order valence-corrected chi connectivity index (χ3v) is 4.27. The number of alkyl halides is 6. The van der Waals surface area contributed by atoms with Gasteiger partial charge in [0.25, 0.3) is 5.91 Å². The van der Waals surface area contributed by atoms with E-state index in [1.54, 1.807) is 0 Å². The number of halogens is 6. The lowest BCUT2D eigenvalue weighted by atomic mass is 10.1. The van der Waals surface area contributed by atoms with E-state index in [9.17, 15) is 35.9 Å². The first-order chi connectivity index (χ1) is 14.9. The lowest BCUT2D eigenvalue weighted by molar-refractivity contribution is -0.138. The normalized spacial score (nSPS) is 11.8. The number of rotatable bonds is 4. The molecule has 0 aliphatic carbocycles. The van der Waals surface area contributed by atoms with E-state index in [-0.39, 0.29) is 11.4 Å². The molecule has 1 aromatic heterocycles. The van der Waals surface area contributed by atoms with Crippen LogP contribution < -0.4 is 16.3 Å². The monoisotopic (exact) mass is 456 g/mol. The summed E-state index contributed by atoms with van der Waals surface area (Å²) >= 11 is 0. The van der Waals surface area contributed by atoms with Gasteiger partial charge in [0.1, 0.15) is 0 Å². The number of benzene rings is 2. The summed E-state index contributed by atoms with van der Waals surface area (Å²) in [5, 5.41) is 3.76. The molecule has 2 N–H and O–H groups in total. The zero-order chi connectivity index (χ0) is 23.7. The maximum atomic E-state index is 13.4. The first kappa shape index (κ1) is 22.8. The molecule has 0 aliphatic heterocycles. The number of anilines is 1. The van der Waals surface area contributed by atoms with E-state index in [1.807, 2.05) is 5.43 Å². The molecular formula is C20H14F6N4O2. The number of carbonyl (C=O) groups is 1. The molecule has 6 nitrogen and oxygen atoms in total. The summed E-state index contributed by atoms with van der Waals surface area (Å²) in [5.74, 6) is -1.15. The van der Waals surface area contributed by atoms with E-state index in [0.29, 0.717) is 0 Å². The van der Waals surface area contributed by atoms with Gasteiger partial charge in [0.05, 0.1) is 22.5 Å². The Hall–Kier alpha value is -3.83. The highest BCUT2D eigenvalue weighted by Gasteiger charge is 2.34. The second-order valence-electron chi connectivity index (χ2n) is 6.58. The summed E-state index contributed by atoms with van der Waals surface area (Å²) in [7, 11) is 0. The fourth-order valence-corrected chi connectivity index (χ4v) is 2.81. The summed E-state index contributed by atoms with van der Waals surface area (Å²) in [4.78, 5) is 24.6. The minimum absolute atomic E-state index is 0.0362. The van der Waals surface area contributed by atoms with Crippen molar-refractivity contribution in [2.75, 3.05) is 5.43 Å². The van der Waals surface area contributed by atoms with Crippen LogP contribution >= 0.6 is 0 Å². The lowest BCUT2D eigenvalue weighted by Crippen LogP contribution is -2.35. The summed E-state index contributed by atoms with van der Waals surface area (Å²) < 4.78 is 79.3. The molecule has 0 aliphatic rings. The number of hydrogen-bond acceptors (Lipinski definition) is 4. The minimum atomic E-state index is -4.72. The molecule has 3 rings (SSSR count). The number of aryl methyl sites for hydroxylation is 1. The van der Waals surface area contributed by atoms with Crippen LogP contribution in [0.25, 0.3) is 5.69 Å². The third-order valence-electron chi connectivity index (χ3n) is 4.27. The van der Waals surface area contributed by atoms with Crippen molar-refractivity contribution >= 4 is 11.6 Å². The number of hydrogen-bond donors (Lipinski definition) is 2. The van der Waals surface area contributed by atoms with E-state index < -0.39 is 46.2 Å². The quantitative estimate of drug-likeness (QED) is 0.453. The Kier molecular flexibility index (Phi) is 5.97. The number of carbonyl (C=O) groups excluding carboxylic acids is 1. The van der Waals surface area contributed by atoms with Gasteiger partial charge >= 0.3 is 12.4 Å². The van der Waals surface area contributed by atoms with Gasteiger partial charge in [-0.1, -0.05) is 18.2 Å². The molecule has 12 heteroatoms. The molecule has 0 atom stereocenters. The van der Waals surface area contributed by atoms with Gasteiger partial charge in [-0.15, -0.1) is 0 Å². The predicted octanol–water partition coefficient (Wildman–Crippen LogP) is 4.34. The van der Waals surface area contributed by atoms with Crippen molar-refractivity contribution in [1.29, 1.82) is 0 Å². The maximum absolute atomic E-state index is 13.4. The van der Waals surface area contributed by atoms with Crippen molar-refractivity contribution in [1.82, 2.24) is 15.2 Å². The topological polar surface area (TPSA) is 76.0 Å². The molecule has 32 heavy (non-hydrogen) atoms. The summed E-state index contributed by atoms with van der Waals surface area (Å²) in [6, 6.07) is 9.26. The Morgan fingerprint density at radius 2 is 1.62 bits per heavy atom. The van der Waals surface area contributed by atoms with E-state index in [1.165, 1.54) is 25.1 Å². The number of nitrogens with one attached hydrogen (secondary N) is 2. The Morgan fingerprint density at radius 1 is 0.938 bits per heavy atom. The molecule has 1 amide bonds. The van der Waals surface area contributed by atoms with Crippen LogP contribution in [-0.4, -0.2) is 15.7 Å². The van der Waals surface area contributed by atoms with Crippen molar-refractivity contribution in [3.05, 3.63) is 87.3 Å². The van der Waals surface area contributed by atoms with Crippen LogP contribution in [0.1, 0.15) is 27.3 Å². The molecule has 0 unspecified atom stereocenters. The van der Waals surface area contributed by atoms with Crippen LogP contribution in [0.4, 0.5) is 32.0 Å². The van der Waals surface area contributed by atoms with Gasteiger partial charge in [0.15, 0.2) is 5.69 Å². The molecule has 0 spiro atoms. The number of hydrazine groups is 1. The molecule has 0 saturated heterocycles. The maximum Gasteiger partial charge on any atom is 0.418 e. The van der Waals surface area contributed by atoms with Gasteiger partial charge in [-0.2, -0.15) is 31.4 Å². The molecule has 2 aromatic carbocycles. The van der Waals surface area contributed by atoms with Gasteiger partial charge < -0.3 is 0 Å². The zero-order valence-electron chi connectivity index (χ0n) is 16.2. The Balaban J connectivity index is 1.92. The van der Waals surface area contributed by atoms with Crippen molar-refractivity contribution in [2.45, 2.75) is 19.3 Å². The summed E-state index contributed by atoms with van der Waals surface area (Å²) in [6.45, 7) is 1.34. The van der Waals surface area contributed by atoms with E-state index in [0.717, 1.165) is 41.1 Å². The van der Waals surface area contributed by atoms with Gasteiger partial charge in [-0.3, -0.25) is 20.4 Å². The van der Waals surface area contributed by atoms with Crippen molar-refractivity contribution in [3.8, 4) is 5.69 Å². The van der Waals surface area contributed by atoms with Crippen LogP contribution in [0.5, 0.6) is 0 Å². The average Bonchev–Trinajstić information content (AvgIpc) is 2.71. The molecule has 168 valence electrons. The van der Waals surface area contributed by atoms with E-state index >= 15 is 0 Å². The molecule has 0 bridgehead atoms. The van der Waals surface area contributed by atoms with Crippen LogP contribution in [0.2, 0.25) is 0 Å². The van der Waals surface area contributed by atoms with Crippen molar-refractivity contribution in [3.63, 3.8) is 0 Å². The highest BCUT2D eigenvalue weighted by atomic mass is 19.4. The van der Waals surface area contributed by atoms with Crippen molar-refractivity contribution < 1.29 is 31.1 Å². The van der Waals surface area contributed by atoms with E-state index in [4.69, 9.17) is 0 Å². The number of nitrogens with zero attached hydrogens (tertiary/aromatic N) is 2. The number of amides is 1. The molecule has 0 fully saturated rings. The fraction of sp³-hybridized carbons (Fsp3) is 0.150. The van der Waals surface area contributed by atoms with Gasteiger partial charge in [-0.05, 0) is 37.3 Å². The van der Waals surface area contributed by atoms with E-state index in [2.05, 4.69) is 10.5 Å².